The number of rotatable bonds is 4. The van der Waals surface area contributed by atoms with Crippen molar-refractivity contribution in [3.8, 4) is 23.2 Å². The quantitative estimate of drug-likeness (QED) is 0.454. The number of benzene rings is 2. The SMILES string of the molecule is Cc1c(C#Cc2nc(C3CCC3)cs2)cccc1NC(=O)c1ccc(-c2nn[nH]n2)cc1. The lowest BCUT2D eigenvalue weighted by molar-refractivity contribution is 0.102. The minimum absolute atomic E-state index is 0.192. The number of aromatic amines is 1. The molecule has 2 N–H and O–H groups in total. The summed E-state index contributed by atoms with van der Waals surface area (Å²) in [6.07, 6.45) is 3.76. The van der Waals surface area contributed by atoms with Crippen LogP contribution < -0.4 is 5.32 Å². The van der Waals surface area contributed by atoms with Crippen LogP contribution in [-0.4, -0.2) is 31.5 Å². The Morgan fingerprint density at radius 3 is 2.72 bits per heavy atom. The fourth-order valence-electron chi connectivity index (χ4n) is 3.51. The normalized spacial score (nSPS) is 13.2. The van der Waals surface area contributed by atoms with E-state index < -0.39 is 0 Å². The van der Waals surface area contributed by atoms with Gasteiger partial charge in [-0.1, -0.05) is 30.5 Å². The van der Waals surface area contributed by atoms with E-state index in [1.807, 2.05) is 25.1 Å². The third-order valence-corrected chi connectivity index (χ3v) is 6.46. The van der Waals surface area contributed by atoms with Crippen LogP contribution >= 0.6 is 11.3 Å². The zero-order valence-electron chi connectivity index (χ0n) is 17.4. The zero-order valence-corrected chi connectivity index (χ0v) is 18.2. The predicted octanol–water partition coefficient (Wildman–Crippen LogP) is 4.55. The van der Waals surface area contributed by atoms with Crippen LogP contribution in [0.25, 0.3) is 11.4 Å². The Bertz CT molecular complexity index is 1310. The molecule has 8 heteroatoms. The van der Waals surface area contributed by atoms with E-state index in [-0.39, 0.29) is 5.91 Å². The highest BCUT2D eigenvalue weighted by atomic mass is 32.1. The summed E-state index contributed by atoms with van der Waals surface area (Å²) in [5, 5.41) is 19.8. The molecule has 0 unspecified atom stereocenters. The molecule has 1 aliphatic carbocycles. The van der Waals surface area contributed by atoms with Gasteiger partial charge < -0.3 is 5.32 Å². The molecule has 0 radical (unpaired) electrons. The third kappa shape index (κ3) is 4.15. The molecule has 0 saturated heterocycles. The highest BCUT2D eigenvalue weighted by molar-refractivity contribution is 7.10. The molecule has 2 aromatic heterocycles. The van der Waals surface area contributed by atoms with E-state index in [9.17, 15) is 4.79 Å². The summed E-state index contributed by atoms with van der Waals surface area (Å²) >= 11 is 1.60. The second-order valence-corrected chi connectivity index (χ2v) is 8.56. The molecule has 2 heterocycles. The number of nitrogens with one attached hydrogen (secondary N) is 2. The van der Waals surface area contributed by atoms with Gasteiger partial charge in [-0.3, -0.25) is 4.79 Å². The Morgan fingerprint density at radius 1 is 1.16 bits per heavy atom. The van der Waals surface area contributed by atoms with Crippen molar-refractivity contribution in [3.63, 3.8) is 0 Å². The van der Waals surface area contributed by atoms with Gasteiger partial charge in [0.1, 0.15) is 0 Å². The first-order valence-corrected chi connectivity index (χ1v) is 11.3. The highest BCUT2D eigenvalue weighted by Crippen LogP contribution is 2.36. The Balaban J connectivity index is 1.30. The van der Waals surface area contributed by atoms with Gasteiger partial charge in [0.15, 0.2) is 5.01 Å². The molecule has 7 nitrogen and oxygen atoms in total. The first-order chi connectivity index (χ1) is 15.7. The Hall–Kier alpha value is -3.83. The van der Waals surface area contributed by atoms with Crippen molar-refractivity contribution in [2.75, 3.05) is 5.32 Å². The third-order valence-electron chi connectivity index (χ3n) is 5.68. The Kier molecular flexibility index (Phi) is 5.48. The van der Waals surface area contributed by atoms with Crippen LogP contribution in [0.3, 0.4) is 0 Å². The summed E-state index contributed by atoms with van der Waals surface area (Å²) in [5.41, 5.74) is 5.03. The lowest BCUT2D eigenvalue weighted by Crippen LogP contribution is -2.13. The van der Waals surface area contributed by atoms with Crippen LogP contribution in [0.2, 0.25) is 0 Å². The maximum Gasteiger partial charge on any atom is 0.255 e. The average Bonchev–Trinajstić information content (AvgIpc) is 3.46. The van der Waals surface area contributed by atoms with Gasteiger partial charge in [-0.05, 0) is 60.7 Å². The van der Waals surface area contributed by atoms with Gasteiger partial charge in [-0.15, -0.1) is 21.5 Å². The van der Waals surface area contributed by atoms with Crippen molar-refractivity contribution in [1.82, 2.24) is 25.6 Å². The molecule has 0 bridgehead atoms. The summed E-state index contributed by atoms with van der Waals surface area (Å²) in [7, 11) is 0. The lowest BCUT2D eigenvalue weighted by Gasteiger charge is -2.22. The smallest absolute Gasteiger partial charge is 0.255 e. The molecule has 32 heavy (non-hydrogen) atoms. The summed E-state index contributed by atoms with van der Waals surface area (Å²) in [4.78, 5) is 17.4. The van der Waals surface area contributed by atoms with Gasteiger partial charge >= 0.3 is 0 Å². The van der Waals surface area contributed by atoms with E-state index in [1.54, 1.807) is 35.6 Å². The number of carbonyl (C=O) groups excluding carboxylic acids is 1. The van der Waals surface area contributed by atoms with Crippen molar-refractivity contribution in [2.24, 2.45) is 0 Å². The Labute approximate surface area is 189 Å². The molecule has 1 fully saturated rings. The van der Waals surface area contributed by atoms with Crippen LogP contribution in [0.15, 0.2) is 47.8 Å². The van der Waals surface area contributed by atoms with Crippen molar-refractivity contribution >= 4 is 22.9 Å². The molecule has 1 amide bonds. The number of amides is 1. The number of thiazole rings is 1. The van der Waals surface area contributed by atoms with Crippen molar-refractivity contribution in [2.45, 2.75) is 32.1 Å². The standard InChI is InChI=1S/C24H20N6OS/c1-15-16(12-13-22-25-21(14-32-22)17-5-2-6-17)4-3-7-20(15)26-24(31)19-10-8-18(9-11-19)23-27-29-30-28-23/h3-4,7-11,14,17H,2,5-6H2,1H3,(H,26,31)(H,27,28,29,30). The van der Waals surface area contributed by atoms with E-state index >= 15 is 0 Å². The van der Waals surface area contributed by atoms with Crippen LogP contribution in [0, 0.1) is 18.8 Å². The van der Waals surface area contributed by atoms with Crippen LogP contribution in [0.4, 0.5) is 5.69 Å². The van der Waals surface area contributed by atoms with Crippen LogP contribution in [0.5, 0.6) is 0 Å². The van der Waals surface area contributed by atoms with E-state index in [2.05, 4.69) is 48.1 Å². The highest BCUT2D eigenvalue weighted by Gasteiger charge is 2.21. The molecule has 0 aliphatic heterocycles. The summed E-state index contributed by atoms with van der Waals surface area (Å²) in [5.74, 6) is 7.31. The molecular formula is C24H20N6OS. The van der Waals surface area contributed by atoms with Gasteiger partial charge in [0.2, 0.25) is 5.82 Å². The van der Waals surface area contributed by atoms with Gasteiger partial charge in [-0.25, -0.2) is 4.98 Å². The average molecular weight is 441 g/mol. The second kappa shape index (κ2) is 8.73. The number of anilines is 1. The van der Waals surface area contributed by atoms with Gasteiger partial charge in [0, 0.05) is 33.7 Å². The van der Waals surface area contributed by atoms with E-state index in [4.69, 9.17) is 0 Å². The summed E-state index contributed by atoms with van der Waals surface area (Å²) in [6.45, 7) is 1.96. The first-order valence-electron chi connectivity index (χ1n) is 10.4. The molecule has 1 aliphatic rings. The molecule has 1 saturated carbocycles. The molecule has 2 aromatic carbocycles. The van der Waals surface area contributed by atoms with Gasteiger partial charge in [-0.2, -0.15) is 5.21 Å². The fourth-order valence-corrected chi connectivity index (χ4v) is 4.26. The Morgan fingerprint density at radius 2 is 2.00 bits per heavy atom. The number of hydrogen-bond donors (Lipinski definition) is 2. The maximum atomic E-state index is 12.8. The molecular weight excluding hydrogens is 420 g/mol. The minimum atomic E-state index is -0.192. The topological polar surface area (TPSA) is 96.5 Å². The van der Waals surface area contributed by atoms with Crippen molar-refractivity contribution < 1.29 is 4.79 Å². The van der Waals surface area contributed by atoms with E-state index in [0.29, 0.717) is 17.3 Å². The van der Waals surface area contributed by atoms with Gasteiger partial charge in [0.25, 0.3) is 5.91 Å². The van der Waals surface area contributed by atoms with E-state index in [1.165, 1.54) is 25.0 Å². The molecule has 5 rings (SSSR count). The monoisotopic (exact) mass is 440 g/mol. The lowest BCUT2D eigenvalue weighted by atomic mass is 9.83. The van der Waals surface area contributed by atoms with E-state index in [0.717, 1.165) is 27.4 Å². The largest absolute Gasteiger partial charge is 0.322 e. The van der Waals surface area contributed by atoms with Crippen molar-refractivity contribution in [1.29, 1.82) is 0 Å². The molecule has 0 atom stereocenters. The number of H-pyrrole nitrogens is 1. The number of tetrazole rings is 1. The van der Waals surface area contributed by atoms with Gasteiger partial charge in [0.05, 0.1) is 5.69 Å². The number of aromatic nitrogens is 5. The van der Waals surface area contributed by atoms with Crippen LogP contribution in [-0.2, 0) is 0 Å². The maximum absolute atomic E-state index is 12.8. The van der Waals surface area contributed by atoms with Crippen LogP contribution in [0.1, 0.15) is 57.4 Å². The number of hydrogen-bond acceptors (Lipinski definition) is 6. The number of nitrogens with zero attached hydrogens (tertiary/aromatic N) is 4. The van der Waals surface area contributed by atoms with Crippen molar-refractivity contribution in [3.05, 3.63) is 75.2 Å². The zero-order chi connectivity index (χ0) is 21.9. The molecule has 0 spiro atoms. The molecule has 4 aromatic rings. The summed E-state index contributed by atoms with van der Waals surface area (Å²) in [6, 6.07) is 12.8. The summed E-state index contributed by atoms with van der Waals surface area (Å²) < 4.78 is 0. The molecule has 158 valence electrons. The second-order valence-electron chi connectivity index (χ2n) is 7.70. The first kappa shape index (κ1) is 20.1. The minimum Gasteiger partial charge on any atom is -0.322 e. The number of carbonyl (C=O) groups is 1. The fraction of sp³-hybridized carbons (Fsp3) is 0.208. The predicted molar refractivity (Wildman–Crippen MR) is 123 cm³/mol.